The molecule has 0 aromatic rings. The maximum Gasteiger partial charge on any atom is 0.123 e. The molecule has 2 rings (SSSR count). The lowest BCUT2D eigenvalue weighted by Crippen LogP contribution is -2.32. The van der Waals surface area contributed by atoms with E-state index in [0.717, 1.165) is 44.8 Å². The number of rotatable bonds is 4. The Morgan fingerprint density at radius 3 is 2.39 bits per heavy atom. The van der Waals surface area contributed by atoms with Gasteiger partial charge >= 0.3 is 0 Å². The zero-order valence-electron chi connectivity index (χ0n) is 10.6. The summed E-state index contributed by atoms with van der Waals surface area (Å²) in [5, 5.41) is -0.182. The van der Waals surface area contributed by atoms with E-state index in [1.165, 1.54) is 0 Å². The first-order valence-electron chi connectivity index (χ1n) is 6.88. The van der Waals surface area contributed by atoms with Crippen LogP contribution in [0.3, 0.4) is 0 Å². The predicted octanol–water partition coefficient (Wildman–Crippen LogP) is 1.95. The van der Waals surface area contributed by atoms with E-state index in [4.69, 9.17) is 4.74 Å². The molecule has 0 heterocycles. The van der Waals surface area contributed by atoms with Crippen LogP contribution in [-0.2, 0) is 20.6 Å². The van der Waals surface area contributed by atoms with Gasteiger partial charge in [0.2, 0.25) is 0 Å². The topological polar surface area (TPSA) is 66.4 Å². The van der Waals surface area contributed by atoms with Crippen molar-refractivity contribution in [1.82, 2.24) is 0 Å². The highest BCUT2D eigenvalue weighted by Crippen LogP contribution is 2.30. The molecular formula is C13H21O4S-. The molecule has 5 heteroatoms. The van der Waals surface area contributed by atoms with Crippen LogP contribution >= 0.6 is 0 Å². The fourth-order valence-corrected chi connectivity index (χ4v) is 3.72. The van der Waals surface area contributed by atoms with Crippen LogP contribution in [0.5, 0.6) is 0 Å². The first-order chi connectivity index (χ1) is 8.69. The quantitative estimate of drug-likeness (QED) is 0.580. The third kappa shape index (κ3) is 3.87. The van der Waals surface area contributed by atoms with Crippen LogP contribution in [0.25, 0.3) is 0 Å². The second-order valence-corrected chi connectivity index (χ2v) is 6.67. The molecule has 0 aromatic heterocycles. The molecule has 0 bridgehead atoms. The second-order valence-electron chi connectivity index (χ2n) is 5.48. The number of aldehydes is 1. The molecule has 3 atom stereocenters. The van der Waals surface area contributed by atoms with Crippen molar-refractivity contribution >= 4 is 17.4 Å². The van der Waals surface area contributed by atoms with Crippen LogP contribution in [0.1, 0.15) is 51.4 Å². The van der Waals surface area contributed by atoms with Gasteiger partial charge in [-0.2, -0.15) is 0 Å². The third-order valence-electron chi connectivity index (χ3n) is 4.14. The fourth-order valence-electron chi connectivity index (χ4n) is 3.06. The van der Waals surface area contributed by atoms with E-state index >= 15 is 0 Å². The highest BCUT2D eigenvalue weighted by molar-refractivity contribution is 7.79. The Morgan fingerprint density at radius 1 is 1.06 bits per heavy atom. The second kappa shape index (κ2) is 6.78. The molecule has 2 fully saturated rings. The zero-order valence-corrected chi connectivity index (χ0v) is 11.4. The summed E-state index contributed by atoms with van der Waals surface area (Å²) in [5.41, 5.74) is 0. The van der Waals surface area contributed by atoms with Gasteiger partial charge in [0, 0.05) is 11.2 Å². The van der Waals surface area contributed by atoms with Crippen molar-refractivity contribution in [3.8, 4) is 0 Å². The Labute approximate surface area is 111 Å². The third-order valence-corrected chi connectivity index (χ3v) is 5.15. The van der Waals surface area contributed by atoms with Crippen molar-refractivity contribution in [2.45, 2.75) is 68.8 Å². The van der Waals surface area contributed by atoms with Crippen molar-refractivity contribution in [1.29, 1.82) is 0 Å². The molecule has 2 aliphatic rings. The van der Waals surface area contributed by atoms with Crippen LogP contribution < -0.4 is 0 Å². The molecule has 0 radical (unpaired) electrons. The number of carbonyl (C=O) groups is 1. The van der Waals surface area contributed by atoms with Gasteiger partial charge in [-0.25, -0.2) is 0 Å². The summed E-state index contributed by atoms with van der Waals surface area (Å²) < 4.78 is 27.7. The zero-order chi connectivity index (χ0) is 13.0. The van der Waals surface area contributed by atoms with Gasteiger partial charge in [-0.3, -0.25) is 4.21 Å². The lowest BCUT2D eigenvalue weighted by Gasteiger charge is -2.34. The van der Waals surface area contributed by atoms with Crippen molar-refractivity contribution < 1.29 is 18.3 Å². The summed E-state index contributed by atoms with van der Waals surface area (Å²) in [7, 11) is 0. The summed E-state index contributed by atoms with van der Waals surface area (Å²) in [4.78, 5) is 10.8. The monoisotopic (exact) mass is 273 g/mol. The van der Waals surface area contributed by atoms with E-state index in [2.05, 4.69) is 0 Å². The Balaban J connectivity index is 1.74. The van der Waals surface area contributed by atoms with Crippen LogP contribution in [0, 0.1) is 5.92 Å². The van der Waals surface area contributed by atoms with Crippen LogP contribution in [0.15, 0.2) is 0 Å². The average Bonchev–Trinajstić information content (AvgIpc) is 2.39. The van der Waals surface area contributed by atoms with Crippen LogP contribution in [0.4, 0.5) is 0 Å². The van der Waals surface area contributed by atoms with Gasteiger partial charge in [-0.15, -0.1) is 0 Å². The van der Waals surface area contributed by atoms with Gasteiger partial charge in [-0.1, -0.05) is 17.5 Å². The van der Waals surface area contributed by atoms with Gasteiger partial charge < -0.3 is 14.1 Å². The Hall–Kier alpha value is -0.260. The summed E-state index contributed by atoms with van der Waals surface area (Å²) in [5.74, 6) is 0.161. The minimum atomic E-state index is -1.93. The first kappa shape index (κ1) is 14.2. The molecule has 3 unspecified atom stereocenters. The first-order valence-corrected chi connectivity index (χ1v) is 8.01. The molecular weight excluding hydrogens is 252 g/mol. The highest BCUT2D eigenvalue weighted by atomic mass is 32.2. The van der Waals surface area contributed by atoms with Crippen molar-refractivity contribution in [2.75, 3.05) is 0 Å². The standard InChI is InChI=1S/C13H22O4S/c14-9-10-2-1-3-12(8-10)17-11-4-6-13(7-5-11)18(15)16/h9-13H,1-8H2,(H,15,16)/p-1. The summed E-state index contributed by atoms with van der Waals surface area (Å²) in [6.45, 7) is 0. The summed E-state index contributed by atoms with van der Waals surface area (Å²) in [6, 6.07) is 0. The lowest BCUT2D eigenvalue weighted by molar-refractivity contribution is -0.115. The molecule has 2 aliphatic carbocycles. The molecule has 4 nitrogen and oxygen atoms in total. The molecule has 2 saturated carbocycles. The number of hydrogen-bond acceptors (Lipinski definition) is 4. The maximum atomic E-state index is 10.9. The van der Waals surface area contributed by atoms with Crippen molar-refractivity contribution in [2.24, 2.45) is 5.92 Å². The molecule has 0 aliphatic heterocycles. The maximum absolute atomic E-state index is 10.9. The van der Waals surface area contributed by atoms with Crippen LogP contribution in [0.2, 0.25) is 0 Å². The van der Waals surface area contributed by atoms with Gasteiger partial charge in [0.1, 0.15) is 6.29 Å². The van der Waals surface area contributed by atoms with E-state index < -0.39 is 11.1 Å². The minimum Gasteiger partial charge on any atom is -0.772 e. The average molecular weight is 273 g/mol. The summed E-state index contributed by atoms with van der Waals surface area (Å²) >= 11 is -1.93. The highest BCUT2D eigenvalue weighted by Gasteiger charge is 2.27. The Morgan fingerprint density at radius 2 is 1.78 bits per heavy atom. The Bertz CT molecular complexity index is 299. The minimum absolute atomic E-state index is 0.161. The van der Waals surface area contributed by atoms with Gasteiger partial charge in [-0.05, 0) is 44.9 Å². The van der Waals surface area contributed by atoms with E-state index in [0.29, 0.717) is 12.8 Å². The molecule has 0 N–H and O–H groups in total. The molecule has 0 amide bonds. The van der Waals surface area contributed by atoms with E-state index in [1.54, 1.807) is 0 Å². The summed E-state index contributed by atoms with van der Waals surface area (Å²) in [6.07, 6.45) is 8.48. The number of ether oxygens (including phenoxy) is 1. The van der Waals surface area contributed by atoms with Crippen molar-refractivity contribution in [3.05, 3.63) is 0 Å². The number of hydrogen-bond donors (Lipinski definition) is 0. The SMILES string of the molecule is O=CC1CCCC(OC2CCC(S(=O)[O-])CC2)C1. The molecule has 0 aromatic carbocycles. The molecule has 0 spiro atoms. The molecule has 0 saturated heterocycles. The molecule has 104 valence electrons. The van der Waals surface area contributed by atoms with E-state index in [9.17, 15) is 13.6 Å². The molecule has 18 heavy (non-hydrogen) atoms. The van der Waals surface area contributed by atoms with E-state index in [1.807, 2.05) is 0 Å². The Kier molecular flexibility index (Phi) is 5.33. The largest absolute Gasteiger partial charge is 0.772 e. The smallest absolute Gasteiger partial charge is 0.123 e. The normalized spacial score (nSPS) is 39.2. The van der Waals surface area contributed by atoms with Gasteiger partial charge in [0.25, 0.3) is 0 Å². The van der Waals surface area contributed by atoms with Crippen molar-refractivity contribution in [3.63, 3.8) is 0 Å². The fraction of sp³-hybridized carbons (Fsp3) is 0.923. The number of carbonyl (C=O) groups excluding carboxylic acids is 1. The lowest BCUT2D eigenvalue weighted by atomic mass is 9.87. The predicted molar refractivity (Wildman–Crippen MR) is 67.9 cm³/mol. The van der Waals surface area contributed by atoms with Gasteiger partial charge in [0.05, 0.1) is 12.2 Å². The van der Waals surface area contributed by atoms with E-state index in [-0.39, 0.29) is 23.4 Å². The van der Waals surface area contributed by atoms with Gasteiger partial charge in [0.15, 0.2) is 0 Å². The van der Waals surface area contributed by atoms with Crippen LogP contribution in [-0.4, -0.2) is 32.5 Å².